The highest BCUT2D eigenvalue weighted by Crippen LogP contribution is 2.11. The van der Waals surface area contributed by atoms with Gasteiger partial charge in [-0.3, -0.25) is 9.89 Å². The number of rotatable bonds is 15. The van der Waals surface area contributed by atoms with Crippen LogP contribution in [0.15, 0.2) is 12.2 Å². The minimum Gasteiger partial charge on any atom is -0.277 e. The van der Waals surface area contributed by atoms with Gasteiger partial charge in [-0.1, -0.05) is 64.0 Å². The van der Waals surface area contributed by atoms with Crippen molar-refractivity contribution in [2.45, 2.75) is 103 Å². The number of allylic oxidation sites excluding steroid dienone is 2. The summed E-state index contributed by atoms with van der Waals surface area (Å²) in [5.74, 6) is 0. The first kappa shape index (κ1) is 20.3. The van der Waals surface area contributed by atoms with E-state index in [-0.39, 0.29) is 0 Å². The van der Waals surface area contributed by atoms with Crippen molar-refractivity contribution in [1.29, 1.82) is 0 Å². The lowest BCUT2D eigenvalue weighted by Crippen LogP contribution is -2.22. The van der Waals surface area contributed by atoms with E-state index in [9.17, 15) is 0 Å². The fourth-order valence-corrected chi connectivity index (χ4v) is 3.29. The van der Waals surface area contributed by atoms with Crippen LogP contribution in [0.2, 0.25) is 0 Å². The third kappa shape index (κ3) is 11.4. The van der Waals surface area contributed by atoms with Crippen molar-refractivity contribution >= 4 is 6.34 Å². The van der Waals surface area contributed by atoms with Crippen molar-refractivity contribution < 1.29 is 4.58 Å². The summed E-state index contributed by atoms with van der Waals surface area (Å²) in [6, 6.07) is 0.710. The highest BCUT2D eigenvalue weighted by Gasteiger charge is 2.15. The second-order valence-electron chi connectivity index (χ2n) is 7.19. The van der Waals surface area contributed by atoms with E-state index in [4.69, 9.17) is 0 Å². The van der Waals surface area contributed by atoms with E-state index >= 15 is 0 Å². The van der Waals surface area contributed by atoms with Gasteiger partial charge in [-0.25, -0.2) is 0 Å². The van der Waals surface area contributed by atoms with Gasteiger partial charge in [0.1, 0.15) is 13.1 Å². The van der Waals surface area contributed by atoms with Gasteiger partial charge in [0, 0.05) is 0 Å². The Hall–Kier alpha value is -0.790. The van der Waals surface area contributed by atoms with Gasteiger partial charge in [-0.2, -0.15) is 0 Å². The molecular weight excluding hydrogens is 280 g/mol. The molecule has 1 N–H and O–H groups in total. The highest BCUT2D eigenvalue weighted by atomic mass is 15.2. The van der Waals surface area contributed by atoms with Gasteiger partial charge in [-0.15, -0.1) is 0 Å². The molecule has 0 saturated carbocycles. The first-order chi connectivity index (χ1) is 11.3. The number of hydrogen-bond acceptors (Lipinski definition) is 1. The smallest absolute Gasteiger partial charge is 0.232 e. The van der Waals surface area contributed by atoms with E-state index in [1.807, 2.05) is 0 Å². The van der Waals surface area contributed by atoms with Crippen molar-refractivity contribution in [2.24, 2.45) is 0 Å². The van der Waals surface area contributed by atoms with Crippen LogP contribution in [-0.2, 0) is 0 Å². The van der Waals surface area contributed by atoms with Crippen molar-refractivity contribution in [3.63, 3.8) is 0 Å². The molecule has 0 saturated heterocycles. The van der Waals surface area contributed by atoms with Crippen LogP contribution < -0.4 is 5.32 Å². The van der Waals surface area contributed by atoms with Crippen LogP contribution in [0.4, 0.5) is 0 Å². The van der Waals surface area contributed by atoms with Crippen LogP contribution in [0.1, 0.15) is 97.3 Å². The molecule has 1 aliphatic heterocycles. The van der Waals surface area contributed by atoms with Gasteiger partial charge in [0.2, 0.25) is 6.34 Å². The van der Waals surface area contributed by atoms with Crippen LogP contribution in [0.3, 0.4) is 0 Å². The van der Waals surface area contributed by atoms with E-state index in [1.54, 1.807) is 0 Å². The molecule has 134 valence electrons. The van der Waals surface area contributed by atoms with Crippen LogP contribution in [0.5, 0.6) is 0 Å². The van der Waals surface area contributed by atoms with Gasteiger partial charge < -0.3 is 0 Å². The molecule has 0 aliphatic carbocycles. The Morgan fingerprint density at radius 1 is 0.913 bits per heavy atom. The summed E-state index contributed by atoms with van der Waals surface area (Å²) in [5.41, 5.74) is 0. The Morgan fingerprint density at radius 2 is 1.52 bits per heavy atom. The molecule has 0 aromatic carbocycles. The van der Waals surface area contributed by atoms with Gasteiger partial charge >= 0.3 is 0 Å². The number of unbranched alkanes of at least 4 members (excludes halogenated alkanes) is 10. The Labute approximate surface area is 145 Å². The second kappa shape index (κ2) is 14.8. The predicted molar refractivity (Wildman–Crippen MR) is 103 cm³/mol. The van der Waals surface area contributed by atoms with Crippen molar-refractivity contribution in [2.75, 3.05) is 13.1 Å². The van der Waals surface area contributed by atoms with E-state index in [0.29, 0.717) is 6.04 Å². The number of hydrogen-bond donors (Lipinski definition) is 1. The number of nitrogens with one attached hydrogen (secondary N) is 1. The minimum absolute atomic E-state index is 0.710. The normalized spacial score (nSPS) is 15.8. The van der Waals surface area contributed by atoms with Crippen LogP contribution in [0, 0.1) is 0 Å². The Bertz CT molecular complexity index is 320. The zero-order valence-corrected chi connectivity index (χ0v) is 15.9. The Balaban J connectivity index is 1.79. The largest absolute Gasteiger partial charge is 0.277 e. The Morgan fingerprint density at radius 3 is 2.13 bits per heavy atom. The van der Waals surface area contributed by atoms with Crippen LogP contribution in [0.25, 0.3) is 0 Å². The molecule has 0 fully saturated rings. The zero-order valence-electron chi connectivity index (χ0n) is 15.9. The van der Waals surface area contributed by atoms with Gasteiger partial charge in [0.05, 0.1) is 6.04 Å². The summed E-state index contributed by atoms with van der Waals surface area (Å²) >= 11 is 0. The third-order valence-electron chi connectivity index (χ3n) is 4.97. The molecule has 0 aromatic heterocycles. The third-order valence-corrected chi connectivity index (χ3v) is 4.97. The van der Waals surface area contributed by atoms with Gasteiger partial charge in [0.25, 0.3) is 0 Å². The average Bonchev–Trinajstić information content (AvgIpc) is 3.09. The molecule has 1 atom stereocenters. The quantitative estimate of drug-likeness (QED) is 0.233. The maximum Gasteiger partial charge on any atom is 0.232 e. The lowest BCUT2D eigenvalue weighted by atomic mass is 10.1. The second-order valence-corrected chi connectivity index (χ2v) is 7.19. The predicted octanol–water partition coefficient (Wildman–Crippen LogP) is 5.67. The maximum atomic E-state index is 3.30. The van der Waals surface area contributed by atoms with Gasteiger partial charge in [-0.05, 0) is 45.4 Å². The molecule has 0 radical (unpaired) electrons. The highest BCUT2D eigenvalue weighted by molar-refractivity contribution is 5.49. The molecule has 0 spiro atoms. The molecule has 23 heavy (non-hydrogen) atoms. The summed E-state index contributed by atoms with van der Waals surface area (Å²) in [7, 11) is 0. The van der Waals surface area contributed by atoms with Crippen LogP contribution in [-0.4, -0.2) is 30.0 Å². The lowest BCUT2D eigenvalue weighted by Gasteiger charge is -2.10. The van der Waals surface area contributed by atoms with Crippen LogP contribution >= 0.6 is 0 Å². The molecule has 1 unspecified atom stereocenters. The fraction of sp³-hybridized carbons (Fsp3) is 0.857. The molecule has 1 heterocycles. The SMILES string of the molecule is CCCCCCCCC=CCCCCCCC(C)[N+]1=CNCC1. The lowest BCUT2D eigenvalue weighted by molar-refractivity contribution is -0.550. The summed E-state index contributed by atoms with van der Waals surface area (Å²) in [6.45, 7) is 6.95. The Kier molecular flexibility index (Phi) is 13.0. The standard InChI is InChI=1S/C21H40N2/c1-3-4-5-6-7-8-9-10-11-12-13-14-15-16-17-21(2)23-19-18-22-20-23/h10-11,20-21H,3-9,12-19H2,1-2H3/p+1. The van der Waals surface area contributed by atoms with Crippen molar-refractivity contribution in [3.05, 3.63) is 12.2 Å². The molecule has 0 bridgehead atoms. The molecular formula is C21H41N2+. The molecule has 2 heteroatoms. The summed E-state index contributed by atoms with van der Waals surface area (Å²) in [4.78, 5) is 0. The van der Waals surface area contributed by atoms with E-state index in [2.05, 4.69) is 42.2 Å². The molecule has 1 aliphatic rings. The minimum atomic E-state index is 0.710. The summed E-state index contributed by atoms with van der Waals surface area (Å²) in [5, 5.41) is 3.30. The summed E-state index contributed by atoms with van der Waals surface area (Å²) in [6.07, 6.45) is 24.9. The van der Waals surface area contributed by atoms with E-state index in [0.717, 1.165) is 6.54 Å². The maximum absolute atomic E-state index is 3.30. The molecule has 0 amide bonds. The first-order valence-electron chi connectivity index (χ1n) is 10.3. The zero-order chi connectivity index (χ0) is 16.6. The van der Waals surface area contributed by atoms with Crippen molar-refractivity contribution in [1.82, 2.24) is 5.32 Å². The monoisotopic (exact) mass is 321 g/mol. The topological polar surface area (TPSA) is 15.0 Å². The molecule has 0 aromatic rings. The van der Waals surface area contributed by atoms with Gasteiger partial charge in [0.15, 0.2) is 0 Å². The fourth-order valence-electron chi connectivity index (χ4n) is 3.29. The number of nitrogens with zero attached hydrogens (tertiary/aromatic N) is 1. The van der Waals surface area contributed by atoms with E-state index < -0.39 is 0 Å². The van der Waals surface area contributed by atoms with Crippen molar-refractivity contribution in [3.8, 4) is 0 Å². The van der Waals surface area contributed by atoms with E-state index in [1.165, 1.54) is 90.0 Å². The molecule has 2 nitrogen and oxygen atoms in total. The average molecular weight is 322 g/mol. The summed E-state index contributed by atoms with van der Waals surface area (Å²) < 4.78 is 2.45. The molecule has 1 rings (SSSR count). The first-order valence-corrected chi connectivity index (χ1v) is 10.3.